The van der Waals surface area contributed by atoms with Crippen molar-refractivity contribution in [2.45, 2.75) is 0 Å². The van der Waals surface area contributed by atoms with Crippen LogP contribution in [0.15, 0.2) is 18.2 Å². The number of anilines is 1. The molecule has 0 aliphatic rings. The van der Waals surface area contributed by atoms with Gasteiger partial charge in [0.15, 0.2) is 0 Å². The lowest BCUT2D eigenvalue weighted by molar-refractivity contribution is 0.0537. The smallest absolute Gasteiger partial charge is 0.274 e. The lowest BCUT2D eigenvalue weighted by Crippen LogP contribution is -2.21. The average Bonchev–Trinajstić information content (AvgIpc) is 2.03. The van der Waals surface area contributed by atoms with Crippen molar-refractivity contribution < 1.29 is 9.63 Å². The summed E-state index contributed by atoms with van der Waals surface area (Å²) in [6.45, 7) is 0. The molecule has 0 atom stereocenters. The second-order valence-corrected chi connectivity index (χ2v) is 2.84. The average molecular weight is 201 g/mol. The molecule has 0 saturated heterocycles. The molecule has 0 radical (unpaired) electrons. The Morgan fingerprint density at radius 3 is 2.77 bits per heavy atom. The molecule has 0 fully saturated rings. The van der Waals surface area contributed by atoms with Crippen LogP contribution in [0, 0.1) is 0 Å². The van der Waals surface area contributed by atoms with E-state index >= 15 is 0 Å². The van der Waals surface area contributed by atoms with Crippen molar-refractivity contribution in [1.82, 2.24) is 5.48 Å². The Morgan fingerprint density at radius 2 is 2.23 bits per heavy atom. The van der Waals surface area contributed by atoms with Gasteiger partial charge in [0.1, 0.15) is 0 Å². The van der Waals surface area contributed by atoms with E-state index < -0.39 is 0 Å². The molecule has 1 amide bonds. The number of hydroxylamine groups is 1. The fraction of sp³-hybridized carbons (Fsp3) is 0.125. The number of nitrogens with one attached hydrogen (secondary N) is 1. The van der Waals surface area contributed by atoms with Gasteiger partial charge in [0.25, 0.3) is 5.91 Å². The monoisotopic (exact) mass is 200 g/mol. The molecule has 0 aliphatic heterocycles. The summed E-state index contributed by atoms with van der Waals surface area (Å²) in [5, 5.41) is 0.418. The first-order chi connectivity index (χ1) is 6.13. The van der Waals surface area contributed by atoms with E-state index in [1.807, 2.05) is 0 Å². The number of carbonyl (C=O) groups excluding carboxylic acids is 1. The van der Waals surface area contributed by atoms with Crippen molar-refractivity contribution in [2.75, 3.05) is 12.8 Å². The molecule has 13 heavy (non-hydrogen) atoms. The Balaban J connectivity index is 2.94. The molecule has 5 heteroatoms. The molecule has 0 saturated carbocycles. The maximum Gasteiger partial charge on any atom is 0.274 e. The van der Waals surface area contributed by atoms with Gasteiger partial charge in [-0.15, -0.1) is 0 Å². The van der Waals surface area contributed by atoms with Gasteiger partial charge in [-0.1, -0.05) is 11.6 Å². The summed E-state index contributed by atoms with van der Waals surface area (Å²) >= 11 is 5.69. The summed E-state index contributed by atoms with van der Waals surface area (Å²) in [6, 6.07) is 4.58. The van der Waals surface area contributed by atoms with Crippen LogP contribution in [0.1, 0.15) is 10.4 Å². The van der Waals surface area contributed by atoms with Gasteiger partial charge in [-0.3, -0.25) is 9.63 Å². The standard InChI is InChI=1S/C8H9ClN2O2/c1-13-11-8(12)5-2-6(9)4-7(10)3-5/h2-4H,10H2,1H3,(H,11,12). The number of benzene rings is 1. The lowest BCUT2D eigenvalue weighted by Gasteiger charge is -2.03. The second kappa shape index (κ2) is 4.11. The number of carbonyl (C=O) groups is 1. The van der Waals surface area contributed by atoms with Crippen LogP contribution in [0.25, 0.3) is 0 Å². The summed E-state index contributed by atoms with van der Waals surface area (Å²) in [6.07, 6.45) is 0. The van der Waals surface area contributed by atoms with Crippen LogP contribution >= 0.6 is 11.6 Å². The zero-order chi connectivity index (χ0) is 9.84. The summed E-state index contributed by atoms with van der Waals surface area (Å²) in [5.74, 6) is -0.378. The maximum atomic E-state index is 11.2. The van der Waals surface area contributed by atoms with Crippen LogP contribution < -0.4 is 11.2 Å². The minimum absolute atomic E-state index is 0.367. The van der Waals surface area contributed by atoms with E-state index in [0.29, 0.717) is 16.3 Å². The van der Waals surface area contributed by atoms with E-state index in [1.54, 1.807) is 6.07 Å². The van der Waals surface area contributed by atoms with Crippen LogP contribution in [-0.4, -0.2) is 13.0 Å². The second-order valence-electron chi connectivity index (χ2n) is 2.41. The van der Waals surface area contributed by atoms with E-state index in [4.69, 9.17) is 17.3 Å². The molecule has 1 aromatic carbocycles. The quantitative estimate of drug-likeness (QED) is 0.557. The number of amides is 1. The molecule has 1 rings (SSSR count). The highest BCUT2D eigenvalue weighted by atomic mass is 35.5. The van der Waals surface area contributed by atoms with Crippen LogP contribution in [-0.2, 0) is 4.84 Å². The summed E-state index contributed by atoms with van der Waals surface area (Å²) in [5.41, 5.74) is 8.46. The first kappa shape index (κ1) is 9.83. The molecule has 4 nitrogen and oxygen atoms in total. The normalized spacial score (nSPS) is 9.69. The van der Waals surface area contributed by atoms with Gasteiger partial charge in [-0.25, -0.2) is 5.48 Å². The van der Waals surface area contributed by atoms with Crippen molar-refractivity contribution in [3.8, 4) is 0 Å². The number of halogens is 1. The van der Waals surface area contributed by atoms with Crippen LogP contribution in [0.2, 0.25) is 5.02 Å². The minimum atomic E-state index is -0.378. The highest BCUT2D eigenvalue weighted by Gasteiger charge is 2.06. The largest absolute Gasteiger partial charge is 0.399 e. The van der Waals surface area contributed by atoms with Gasteiger partial charge in [0, 0.05) is 16.3 Å². The van der Waals surface area contributed by atoms with Crippen molar-refractivity contribution in [2.24, 2.45) is 0 Å². The maximum absolute atomic E-state index is 11.2. The summed E-state index contributed by atoms with van der Waals surface area (Å²) in [4.78, 5) is 15.7. The van der Waals surface area contributed by atoms with E-state index in [2.05, 4.69) is 10.3 Å². The first-order valence-electron chi connectivity index (χ1n) is 3.53. The van der Waals surface area contributed by atoms with Crippen molar-refractivity contribution in [3.63, 3.8) is 0 Å². The number of rotatable bonds is 2. The van der Waals surface area contributed by atoms with E-state index in [-0.39, 0.29) is 5.91 Å². The Kier molecular flexibility index (Phi) is 3.11. The van der Waals surface area contributed by atoms with E-state index in [1.165, 1.54) is 19.2 Å². The van der Waals surface area contributed by atoms with Gasteiger partial charge in [-0.2, -0.15) is 0 Å². The molecular formula is C8H9ClN2O2. The minimum Gasteiger partial charge on any atom is -0.399 e. The molecule has 0 unspecified atom stereocenters. The number of hydrogen-bond acceptors (Lipinski definition) is 3. The molecule has 3 N–H and O–H groups in total. The van der Waals surface area contributed by atoms with Crippen LogP contribution in [0.3, 0.4) is 0 Å². The number of hydrogen-bond donors (Lipinski definition) is 2. The molecular weight excluding hydrogens is 192 g/mol. The van der Waals surface area contributed by atoms with Crippen molar-refractivity contribution in [3.05, 3.63) is 28.8 Å². The molecule has 0 bridgehead atoms. The Bertz CT molecular complexity index is 308. The summed E-state index contributed by atoms with van der Waals surface area (Å²) < 4.78 is 0. The van der Waals surface area contributed by atoms with E-state index in [9.17, 15) is 4.79 Å². The van der Waals surface area contributed by atoms with Gasteiger partial charge in [0.05, 0.1) is 7.11 Å². The van der Waals surface area contributed by atoms with Crippen LogP contribution in [0.5, 0.6) is 0 Å². The fourth-order valence-corrected chi connectivity index (χ4v) is 1.14. The Morgan fingerprint density at radius 1 is 1.54 bits per heavy atom. The zero-order valence-electron chi connectivity index (χ0n) is 7.00. The molecule has 70 valence electrons. The predicted octanol–water partition coefficient (Wildman–Crippen LogP) is 1.21. The van der Waals surface area contributed by atoms with Crippen molar-refractivity contribution >= 4 is 23.2 Å². The predicted molar refractivity (Wildman–Crippen MR) is 50.3 cm³/mol. The first-order valence-corrected chi connectivity index (χ1v) is 3.90. The SMILES string of the molecule is CONC(=O)c1cc(N)cc(Cl)c1. The molecule has 1 aromatic rings. The number of nitrogens with two attached hydrogens (primary N) is 1. The number of nitrogen functional groups attached to an aromatic ring is 1. The molecule has 0 aliphatic carbocycles. The van der Waals surface area contributed by atoms with Gasteiger partial charge in [-0.05, 0) is 18.2 Å². The topological polar surface area (TPSA) is 64.3 Å². The van der Waals surface area contributed by atoms with Gasteiger partial charge >= 0.3 is 0 Å². The third kappa shape index (κ3) is 2.61. The van der Waals surface area contributed by atoms with Crippen molar-refractivity contribution in [1.29, 1.82) is 0 Å². The highest BCUT2D eigenvalue weighted by Crippen LogP contribution is 2.16. The third-order valence-corrected chi connectivity index (χ3v) is 1.60. The molecule has 0 aromatic heterocycles. The van der Waals surface area contributed by atoms with Gasteiger partial charge in [0.2, 0.25) is 0 Å². The Hall–Kier alpha value is -1.26. The fourth-order valence-electron chi connectivity index (χ4n) is 0.895. The molecule has 0 heterocycles. The molecule has 0 spiro atoms. The Labute approximate surface area is 80.6 Å². The third-order valence-electron chi connectivity index (χ3n) is 1.38. The lowest BCUT2D eigenvalue weighted by atomic mass is 10.2. The highest BCUT2D eigenvalue weighted by molar-refractivity contribution is 6.31. The summed E-state index contributed by atoms with van der Waals surface area (Å²) in [7, 11) is 1.35. The van der Waals surface area contributed by atoms with Crippen LogP contribution in [0.4, 0.5) is 5.69 Å². The zero-order valence-corrected chi connectivity index (χ0v) is 7.76. The van der Waals surface area contributed by atoms with E-state index in [0.717, 1.165) is 0 Å². The van der Waals surface area contributed by atoms with Gasteiger partial charge < -0.3 is 5.73 Å².